The van der Waals surface area contributed by atoms with E-state index >= 15 is 0 Å². The molecule has 1 aromatic carbocycles. The van der Waals surface area contributed by atoms with Crippen LogP contribution >= 0.6 is 0 Å². The third-order valence-corrected chi connectivity index (χ3v) is 3.63. The Labute approximate surface area is 139 Å². The molecule has 7 heteroatoms. The molecule has 1 amide bonds. The summed E-state index contributed by atoms with van der Waals surface area (Å²) in [5.41, 5.74) is 7.30. The van der Waals surface area contributed by atoms with Gasteiger partial charge in [-0.3, -0.25) is 14.5 Å². The van der Waals surface area contributed by atoms with E-state index < -0.39 is 5.91 Å². The zero-order valence-corrected chi connectivity index (χ0v) is 14.0. The zero-order valence-electron chi connectivity index (χ0n) is 14.0. The number of nitrogens with zero attached hydrogens (tertiary/aromatic N) is 1. The molecule has 0 atom stereocenters. The maximum atomic E-state index is 12.4. The summed E-state index contributed by atoms with van der Waals surface area (Å²) in [4.78, 5) is 25.8. The average Bonchev–Trinajstić information content (AvgIpc) is 2.53. The van der Waals surface area contributed by atoms with Crippen LogP contribution in [-0.4, -0.2) is 31.6 Å². The van der Waals surface area contributed by atoms with Gasteiger partial charge in [0.25, 0.3) is 0 Å². The normalized spacial score (nSPS) is 14.0. The van der Waals surface area contributed by atoms with Crippen molar-refractivity contribution in [2.24, 2.45) is 0 Å². The van der Waals surface area contributed by atoms with Crippen LogP contribution in [0.4, 0.5) is 11.4 Å². The molecule has 0 heterocycles. The number of carbonyl (C=O) groups is 2. The van der Waals surface area contributed by atoms with Gasteiger partial charge in [-0.05, 0) is 24.6 Å². The van der Waals surface area contributed by atoms with Gasteiger partial charge >= 0.3 is 0 Å². The van der Waals surface area contributed by atoms with Crippen molar-refractivity contribution in [3.63, 3.8) is 0 Å². The Bertz CT molecular complexity index is 793. The lowest BCUT2D eigenvalue weighted by molar-refractivity contribution is -0.118. The number of ketones is 1. The number of nitrogens with one attached hydrogen (secondary N) is 1. The number of anilines is 2. The lowest BCUT2D eigenvalue weighted by atomic mass is 10.0. The second-order valence-corrected chi connectivity index (χ2v) is 5.26. The first-order chi connectivity index (χ1) is 11.3. The molecule has 0 unspecified atom stereocenters. The van der Waals surface area contributed by atoms with E-state index in [1.165, 1.54) is 50.3 Å². The minimum atomic E-state index is -0.402. The topological polar surface area (TPSA) is 106 Å². The van der Waals surface area contributed by atoms with Gasteiger partial charge in [0.1, 0.15) is 11.5 Å². The zero-order chi connectivity index (χ0) is 18.0. The molecule has 2 rings (SSSR count). The van der Waals surface area contributed by atoms with Crippen molar-refractivity contribution in [2.45, 2.75) is 13.8 Å². The van der Waals surface area contributed by atoms with Gasteiger partial charge in [0, 0.05) is 19.1 Å². The number of carbonyl (C=O) groups excluding carboxylic acids is 2. The molecule has 1 aliphatic carbocycles. The SMILES string of the molecule is COc1cc(N(C(C)=O)C2=CC(=N)C(C)=CC2=O)c(OC)cc1N. The van der Waals surface area contributed by atoms with Gasteiger partial charge in [-0.25, -0.2) is 0 Å². The van der Waals surface area contributed by atoms with Gasteiger partial charge in [0.2, 0.25) is 11.7 Å². The number of nitrogens with two attached hydrogens (primary N) is 1. The summed E-state index contributed by atoms with van der Waals surface area (Å²) >= 11 is 0. The maximum absolute atomic E-state index is 12.4. The molecule has 1 aromatic rings. The summed E-state index contributed by atoms with van der Waals surface area (Å²) in [7, 11) is 2.89. The van der Waals surface area contributed by atoms with Crippen LogP contribution in [0.3, 0.4) is 0 Å². The molecule has 24 heavy (non-hydrogen) atoms. The van der Waals surface area contributed by atoms with Crippen LogP contribution in [-0.2, 0) is 9.59 Å². The minimum Gasteiger partial charge on any atom is -0.495 e. The first-order valence-electron chi connectivity index (χ1n) is 7.15. The Morgan fingerprint density at radius 2 is 1.79 bits per heavy atom. The highest BCUT2D eigenvalue weighted by Gasteiger charge is 2.28. The molecule has 0 fully saturated rings. The quantitative estimate of drug-likeness (QED) is 0.650. The Balaban J connectivity index is 2.65. The molecule has 0 aromatic heterocycles. The fraction of sp³-hybridized carbons (Fsp3) is 0.235. The van der Waals surface area contributed by atoms with Crippen LogP contribution in [0.5, 0.6) is 11.5 Å². The largest absolute Gasteiger partial charge is 0.495 e. The highest BCUT2D eigenvalue weighted by molar-refractivity contribution is 6.24. The molecule has 0 radical (unpaired) electrons. The number of methoxy groups -OCH3 is 2. The van der Waals surface area contributed by atoms with E-state index in [2.05, 4.69) is 0 Å². The van der Waals surface area contributed by atoms with Crippen molar-refractivity contribution in [2.75, 3.05) is 24.9 Å². The molecule has 1 aliphatic rings. The third kappa shape index (κ3) is 3.01. The Morgan fingerprint density at radius 3 is 2.33 bits per heavy atom. The van der Waals surface area contributed by atoms with Crippen LogP contribution in [0.1, 0.15) is 13.8 Å². The maximum Gasteiger partial charge on any atom is 0.228 e. The van der Waals surface area contributed by atoms with E-state index in [0.29, 0.717) is 28.4 Å². The number of hydrogen-bond donors (Lipinski definition) is 2. The number of benzene rings is 1. The van der Waals surface area contributed by atoms with E-state index in [0.717, 1.165) is 0 Å². The summed E-state index contributed by atoms with van der Waals surface area (Å²) in [5.74, 6) is -0.102. The lowest BCUT2D eigenvalue weighted by Crippen LogP contribution is -2.33. The summed E-state index contributed by atoms with van der Waals surface area (Å²) in [6, 6.07) is 3.04. The van der Waals surface area contributed by atoms with E-state index in [-0.39, 0.29) is 17.2 Å². The van der Waals surface area contributed by atoms with Crippen molar-refractivity contribution < 1.29 is 19.1 Å². The highest BCUT2D eigenvalue weighted by atomic mass is 16.5. The molecule has 0 spiro atoms. The molecule has 0 bridgehead atoms. The number of hydrogen-bond acceptors (Lipinski definition) is 6. The summed E-state index contributed by atoms with van der Waals surface area (Å²) in [6.07, 6.45) is 2.69. The number of amides is 1. The van der Waals surface area contributed by atoms with E-state index in [4.69, 9.17) is 20.6 Å². The van der Waals surface area contributed by atoms with Gasteiger partial charge in [0.15, 0.2) is 0 Å². The fourth-order valence-corrected chi connectivity index (χ4v) is 2.39. The second kappa shape index (κ2) is 6.57. The number of ether oxygens (including phenoxy) is 2. The molecule has 0 saturated carbocycles. The van der Waals surface area contributed by atoms with Crippen molar-refractivity contribution >= 4 is 28.8 Å². The third-order valence-electron chi connectivity index (χ3n) is 3.63. The standard InChI is InChI=1S/C17H19N3O4/c1-9-5-15(22)13(6-11(9)18)20(10(2)21)14-8-16(23-3)12(19)7-17(14)24-4/h5-8,18H,19H2,1-4H3. The number of rotatable bonds is 4. The van der Waals surface area contributed by atoms with Gasteiger partial charge in [-0.2, -0.15) is 0 Å². The van der Waals surface area contributed by atoms with Crippen LogP contribution in [0.25, 0.3) is 0 Å². The first kappa shape index (κ1) is 17.3. The fourth-order valence-electron chi connectivity index (χ4n) is 2.39. The molecule has 7 nitrogen and oxygen atoms in total. The van der Waals surface area contributed by atoms with E-state index in [9.17, 15) is 9.59 Å². The first-order valence-corrected chi connectivity index (χ1v) is 7.15. The number of nitrogen functional groups attached to an aromatic ring is 1. The molecule has 3 N–H and O–H groups in total. The predicted molar refractivity (Wildman–Crippen MR) is 91.7 cm³/mol. The van der Waals surface area contributed by atoms with Gasteiger partial charge in [0.05, 0.1) is 37.0 Å². The van der Waals surface area contributed by atoms with Gasteiger partial charge < -0.3 is 20.6 Å². The molecule has 126 valence electrons. The summed E-state index contributed by atoms with van der Waals surface area (Å²) in [6.45, 7) is 2.99. The smallest absolute Gasteiger partial charge is 0.228 e. The Hall–Kier alpha value is -3.09. The average molecular weight is 329 g/mol. The van der Waals surface area contributed by atoms with Gasteiger partial charge in [-0.1, -0.05) is 0 Å². The van der Waals surface area contributed by atoms with E-state index in [1.807, 2.05) is 0 Å². The van der Waals surface area contributed by atoms with Gasteiger partial charge in [-0.15, -0.1) is 0 Å². The van der Waals surface area contributed by atoms with Crippen molar-refractivity contribution in [1.29, 1.82) is 5.41 Å². The molecule has 0 aliphatic heterocycles. The Morgan fingerprint density at radius 1 is 1.17 bits per heavy atom. The number of allylic oxidation sites excluding steroid dienone is 3. The van der Waals surface area contributed by atoms with Crippen molar-refractivity contribution in [3.8, 4) is 11.5 Å². The highest BCUT2D eigenvalue weighted by Crippen LogP contribution is 2.39. The van der Waals surface area contributed by atoms with Crippen LogP contribution in [0, 0.1) is 5.41 Å². The summed E-state index contributed by atoms with van der Waals surface area (Å²) in [5, 5.41) is 7.91. The Kier molecular flexibility index (Phi) is 4.73. The lowest BCUT2D eigenvalue weighted by Gasteiger charge is -2.27. The van der Waals surface area contributed by atoms with Crippen molar-refractivity contribution in [3.05, 3.63) is 35.6 Å². The molecular formula is C17H19N3O4. The molecule has 0 saturated heterocycles. The van der Waals surface area contributed by atoms with Crippen LogP contribution < -0.4 is 20.1 Å². The second-order valence-electron chi connectivity index (χ2n) is 5.26. The van der Waals surface area contributed by atoms with Crippen LogP contribution in [0.15, 0.2) is 35.6 Å². The summed E-state index contributed by atoms with van der Waals surface area (Å²) < 4.78 is 10.5. The minimum absolute atomic E-state index is 0.0724. The van der Waals surface area contributed by atoms with Crippen LogP contribution in [0.2, 0.25) is 0 Å². The monoisotopic (exact) mass is 329 g/mol. The molecular weight excluding hydrogens is 310 g/mol. The predicted octanol–water partition coefficient (Wildman–Crippen LogP) is 2.07. The van der Waals surface area contributed by atoms with E-state index in [1.54, 1.807) is 6.92 Å². The van der Waals surface area contributed by atoms with Crippen molar-refractivity contribution in [1.82, 2.24) is 0 Å².